The first-order valence-electron chi connectivity index (χ1n) is 7.01. The van der Waals surface area contributed by atoms with Crippen molar-refractivity contribution >= 4 is 11.9 Å². The Balaban J connectivity index is 2.94. The number of hydrogen-bond acceptors (Lipinski definition) is 3. The number of aromatic nitrogens is 1. The standard InChI is InChI=1S/C15H22N2O4/c1-5-10(3)16-12(18)6-7-17-11(4)14(15(20)21)9(2)8-13(17)19/h8,10H,5-7H2,1-4H3,(H,16,18)(H,20,21). The van der Waals surface area contributed by atoms with Crippen LogP contribution in [0.5, 0.6) is 0 Å². The number of aryl methyl sites for hydroxylation is 1. The van der Waals surface area contributed by atoms with Gasteiger partial charge in [-0.25, -0.2) is 4.79 Å². The largest absolute Gasteiger partial charge is 0.478 e. The van der Waals surface area contributed by atoms with E-state index in [4.69, 9.17) is 0 Å². The average Bonchev–Trinajstić information content (AvgIpc) is 2.37. The van der Waals surface area contributed by atoms with E-state index in [2.05, 4.69) is 5.32 Å². The van der Waals surface area contributed by atoms with Crippen molar-refractivity contribution in [3.63, 3.8) is 0 Å². The normalized spacial score (nSPS) is 12.0. The van der Waals surface area contributed by atoms with Crippen LogP contribution in [0.4, 0.5) is 0 Å². The van der Waals surface area contributed by atoms with E-state index in [0.717, 1.165) is 6.42 Å². The molecule has 1 atom stereocenters. The van der Waals surface area contributed by atoms with Gasteiger partial charge in [-0.1, -0.05) is 6.92 Å². The molecule has 0 saturated carbocycles. The molecule has 0 spiro atoms. The van der Waals surface area contributed by atoms with E-state index < -0.39 is 5.97 Å². The van der Waals surface area contributed by atoms with Gasteiger partial charge in [0.2, 0.25) is 5.91 Å². The van der Waals surface area contributed by atoms with Gasteiger partial charge >= 0.3 is 5.97 Å². The van der Waals surface area contributed by atoms with Crippen LogP contribution in [0.2, 0.25) is 0 Å². The third-order valence-electron chi connectivity index (χ3n) is 3.56. The molecule has 0 fully saturated rings. The third-order valence-corrected chi connectivity index (χ3v) is 3.56. The smallest absolute Gasteiger partial charge is 0.337 e. The Morgan fingerprint density at radius 3 is 2.52 bits per heavy atom. The summed E-state index contributed by atoms with van der Waals surface area (Å²) in [4.78, 5) is 35.0. The summed E-state index contributed by atoms with van der Waals surface area (Å²) in [5.74, 6) is -1.21. The van der Waals surface area contributed by atoms with Gasteiger partial charge in [-0.3, -0.25) is 9.59 Å². The second-order valence-electron chi connectivity index (χ2n) is 5.21. The number of aromatic carboxylic acids is 1. The fraction of sp³-hybridized carbons (Fsp3) is 0.533. The van der Waals surface area contributed by atoms with Crippen molar-refractivity contribution in [1.82, 2.24) is 9.88 Å². The van der Waals surface area contributed by atoms with Gasteiger partial charge in [0, 0.05) is 30.8 Å². The van der Waals surface area contributed by atoms with Gasteiger partial charge in [-0.05, 0) is 32.8 Å². The zero-order valence-corrected chi connectivity index (χ0v) is 12.9. The molecule has 1 aromatic rings. The fourth-order valence-electron chi connectivity index (χ4n) is 2.18. The number of carboxylic acids is 1. The Morgan fingerprint density at radius 2 is 2.00 bits per heavy atom. The van der Waals surface area contributed by atoms with Crippen LogP contribution in [-0.2, 0) is 11.3 Å². The maximum Gasteiger partial charge on any atom is 0.337 e. The summed E-state index contributed by atoms with van der Waals surface area (Å²) in [5, 5.41) is 12.0. The highest BCUT2D eigenvalue weighted by Crippen LogP contribution is 2.11. The van der Waals surface area contributed by atoms with Gasteiger partial charge in [-0.15, -0.1) is 0 Å². The van der Waals surface area contributed by atoms with Crippen molar-refractivity contribution in [1.29, 1.82) is 0 Å². The molecule has 6 nitrogen and oxygen atoms in total. The second kappa shape index (κ2) is 7.06. The number of pyridine rings is 1. The minimum atomic E-state index is -1.07. The summed E-state index contributed by atoms with van der Waals surface area (Å²) < 4.78 is 1.34. The Morgan fingerprint density at radius 1 is 1.38 bits per heavy atom. The number of amides is 1. The van der Waals surface area contributed by atoms with Gasteiger partial charge in [0.15, 0.2) is 0 Å². The molecule has 6 heteroatoms. The fourth-order valence-corrected chi connectivity index (χ4v) is 2.18. The van der Waals surface area contributed by atoms with E-state index in [1.165, 1.54) is 10.6 Å². The van der Waals surface area contributed by atoms with Crippen LogP contribution in [-0.4, -0.2) is 27.6 Å². The molecule has 0 aliphatic carbocycles. The highest BCUT2D eigenvalue weighted by molar-refractivity contribution is 5.90. The van der Waals surface area contributed by atoms with Gasteiger partial charge in [-0.2, -0.15) is 0 Å². The predicted molar refractivity (Wildman–Crippen MR) is 79.6 cm³/mol. The summed E-state index contributed by atoms with van der Waals surface area (Å²) in [6, 6.07) is 1.38. The number of carbonyl (C=O) groups is 2. The number of rotatable bonds is 6. The molecule has 0 radical (unpaired) electrons. The second-order valence-corrected chi connectivity index (χ2v) is 5.21. The molecule has 2 N–H and O–H groups in total. The highest BCUT2D eigenvalue weighted by Gasteiger charge is 2.16. The number of nitrogens with one attached hydrogen (secondary N) is 1. The number of carboxylic acid groups (broad SMARTS) is 1. The molecular formula is C15H22N2O4. The predicted octanol–water partition coefficient (Wildman–Crippen LogP) is 1.47. The molecule has 0 aliphatic rings. The van der Waals surface area contributed by atoms with Crippen LogP contribution in [0.3, 0.4) is 0 Å². The lowest BCUT2D eigenvalue weighted by molar-refractivity contribution is -0.121. The Hall–Kier alpha value is -2.11. The van der Waals surface area contributed by atoms with Crippen LogP contribution in [0.25, 0.3) is 0 Å². The number of nitrogens with zero attached hydrogens (tertiary/aromatic N) is 1. The molecular weight excluding hydrogens is 272 g/mol. The minimum Gasteiger partial charge on any atom is -0.478 e. The molecule has 0 bridgehead atoms. The molecule has 0 aliphatic heterocycles. The maximum absolute atomic E-state index is 12.0. The summed E-state index contributed by atoms with van der Waals surface area (Å²) >= 11 is 0. The first-order chi connectivity index (χ1) is 9.77. The first-order valence-corrected chi connectivity index (χ1v) is 7.01. The molecule has 1 aromatic heterocycles. The molecule has 1 rings (SSSR count). The Kier molecular flexibility index (Phi) is 5.69. The van der Waals surface area contributed by atoms with E-state index in [-0.39, 0.29) is 36.0 Å². The van der Waals surface area contributed by atoms with Crippen LogP contribution < -0.4 is 10.9 Å². The van der Waals surface area contributed by atoms with E-state index >= 15 is 0 Å². The third kappa shape index (κ3) is 4.18. The summed E-state index contributed by atoms with van der Waals surface area (Å²) in [6.07, 6.45) is 0.978. The number of hydrogen-bond donors (Lipinski definition) is 2. The lowest BCUT2D eigenvalue weighted by atomic mass is 10.1. The topological polar surface area (TPSA) is 88.4 Å². The zero-order valence-electron chi connectivity index (χ0n) is 12.9. The molecule has 21 heavy (non-hydrogen) atoms. The van der Waals surface area contributed by atoms with Crippen LogP contribution in [0.15, 0.2) is 10.9 Å². The average molecular weight is 294 g/mol. The monoisotopic (exact) mass is 294 g/mol. The van der Waals surface area contributed by atoms with Crippen molar-refractivity contribution in [3.05, 3.63) is 33.2 Å². The van der Waals surface area contributed by atoms with Crippen molar-refractivity contribution in [2.45, 2.75) is 53.1 Å². The molecule has 1 unspecified atom stereocenters. The molecule has 1 heterocycles. The lowest BCUT2D eigenvalue weighted by Gasteiger charge is -2.15. The summed E-state index contributed by atoms with van der Waals surface area (Å²) in [6.45, 7) is 7.23. The first kappa shape index (κ1) is 16.9. The van der Waals surface area contributed by atoms with E-state index in [9.17, 15) is 19.5 Å². The maximum atomic E-state index is 12.0. The van der Waals surface area contributed by atoms with E-state index in [1.54, 1.807) is 13.8 Å². The molecule has 1 amide bonds. The van der Waals surface area contributed by atoms with Crippen LogP contribution in [0, 0.1) is 13.8 Å². The SMILES string of the molecule is CCC(C)NC(=O)CCn1c(C)c(C(=O)O)c(C)cc1=O. The lowest BCUT2D eigenvalue weighted by Crippen LogP contribution is -2.34. The summed E-state index contributed by atoms with van der Waals surface area (Å²) in [5.41, 5.74) is 0.650. The van der Waals surface area contributed by atoms with E-state index in [1.807, 2.05) is 13.8 Å². The van der Waals surface area contributed by atoms with Gasteiger partial charge in [0.05, 0.1) is 5.56 Å². The van der Waals surface area contributed by atoms with Crippen molar-refractivity contribution < 1.29 is 14.7 Å². The highest BCUT2D eigenvalue weighted by atomic mass is 16.4. The van der Waals surface area contributed by atoms with Gasteiger partial charge in [0.25, 0.3) is 5.56 Å². The van der Waals surface area contributed by atoms with Gasteiger partial charge in [0.1, 0.15) is 0 Å². The molecule has 0 saturated heterocycles. The van der Waals surface area contributed by atoms with E-state index in [0.29, 0.717) is 11.3 Å². The van der Waals surface area contributed by atoms with Crippen molar-refractivity contribution in [2.75, 3.05) is 0 Å². The Bertz CT molecular complexity index is 604. The Labute approximate surface area is 123 Å². The zero-order chi connectivity index (χ0) is 16.2. The molecule has 116 valence electrons. The van der Waals surface area contributed by atoms with Crippen LogP contribution in [0.1, 0.15) is 48.3 Å². The minimum absolute atomic E-state index is 0.0860. The van der Waals surface area contributed by atoms with Crippen molar-refractivity contribution in [2.24, 2.45) is 0 Å². The number of carbonyl (C=O) groups excluding carboxylic acids is 1. The summed E-state index contributed by atoms with van der Waals surface area (Å²) in [7, 11) is 0. The quantitative estimate of drug-likeness (QED) is 0.831. The van der Waals surface area contributed by atoms with Gasteiger partial charge < -0.3 is 15.0 Å². The molecule has 0 aromatic carbocycles. The van der Waals surface area contributed by atoms with Crippen molar-refractivity contribution in [3.8, 4) is 0 Å². The van der Waals surface area contributed by atoms with Crippen LogP contribution >= 0.6 is 0 Å².